The van der Waals surface area contributed by atoms with Crippen LogP contribution in [0.15, 0.2) is 47.1 Å². The summed E-state index contributed by atoms with van der Waals surface area (Å²) in [6.07, 6.45) is -2.06. The Kier molecular flexibility index (Phi) is 6.13. The molecule has 0 saturated heterocycles. The molecule has 2 aromatic rings. The van der Waals surface area contributed by atoms with Crippen molar-refractivity contribution in [1.82, 2.24) is 10.3 Å². The number of pyridine rings is 1. The molecule has 7 heteroatoms. The molecule has 5 nitrogen and oxygen atoms in total. The van der Waals surface area contributed by atoms with Crippen LogP contribution in [-0.2, 0) is 4.74 Å². The second-order valence-corrected chi connectivity index (χ2v) is 7.29. The van der Waals surface area contributed by atoms with E-state index in [0.29, 0.717) is 10.3 Å². The number of aromatic nitrogens is 1. The lowest BCUT2D eigenvalue weighted by Gasteiger charge is -2.27. The summed E-state index contributed by atoms with van der Waals surface area (Å²) in [4.78, 5) is 16.4. The van der Waals surface area contributed by atoms with Crippen LogP contribution in [0.2, 0.25) is 0 Å². The van der Waals surface area contributed by atoms with Crippen LogP contribution >= 0.6 is 15.9 Å². The predicted octanol–water partition coefficient (Wildman–Crippen LogP) is 4.28. The number of nitrogens with zero attached hydrogens (tertiary/aromatic N) is 1. The Morgan fingerprint density at radius 3 is 2.52 bits per heavy atom. The summed E-state index contributed by atoms with van der Waals surface area (Å²) < 4.78 is 19.8. The van der Waals surface area contributed by atoms with Gasteiger partial charge in [0.15, 0.2) is 0 Å². The maximum atomic E-state index is 14.1. The van der Waals surface area contributed by atoms with Crippen molar-refractivity contribution >= 4 is 22.0 Å². The molecule has 0 saturated carbocycles. The average molecular weight is 411 g/mol. The van der Waals surface area contributed by atoms with E-state index in [-0.39, 0.29) is 5.56 Å². The Hall–Kier alpha value is -1.99. The maximum absolute atomic E-state index is 14.1. The van der Waals surface area contributed by atoms with Crippen molar-refractivity contribution in [3.05, 3.63) is 64.1 Å². The highest BCUT2D eigenvalue weighted by atomic mass is 79.9. The van der Waals surface area contributed by atoms with Crippen LogP contribution in [-0.4, -0.2) is 21.8 Å². The molecular weight excluding hydrogens is 391 g/mol. The van der Waals surface area contributed by atoms with Crippen molar-refractivity contribution in [2.75, 3.05) is 0 Å². The van der Waals surface area contributed by atoms with E-state index in [0.717, 1.165) is 0 Å². The lowest BCUT2D eigenvalue weighted by molar-refractivity contribution is 0.0411. The summed E-state index contributed by atoms with van der Waals surface area (Å²) in [5.41, 5.74) is -0.274. The lowest BCUT2D eigenvalue weighted by Crippen LogP contribution is -2.37. The molecule has 2 N–H and O–H groups in total. The standard InChI is InChI=1S/C18H20BrFN2O3/c1-18(2,3)25-17(24)22-15(13-9-6-10-14(19)21-13)16(23)11-7-4-5-8-12(11)20/h4-10,15-16,23H,1-3H3,(H,22,24)/t15-,16-/m1/s1. The fourth-order valence-electron chi connectivity index (χ4n) is 2.24. The number of amides is 1. The third kappa shape index (κ3) is 5.51. The van der Waals surface area contributed by atoms with E-state index < -0.39 is 29.7 Å². The van der Waals surface area contributed by atoms with Crippen molar-refractivity contribution < 1.29 is 19.0 Å². The summed E-state index contributed by atoms with van der Waals surface area (Å²) >= 11 is 3.25. The highest BCUT2D eigenvalue weighted by Crippen LogP contribution is 2.30. The molecule has 1 heterocycles. The van der Waals surface area contributed by atoms with Crippen LogP contribution in [0.25, 0.3) is 0 Å². The van der Waals surface area contributed by atoms with E-state index in [4.69, 9.17) is 4.74 Å². The molecule has 0 bridgehead atoms. The minimum atomic E-state index is -1.34. The highest BCUT2D eigenvalue weighted by Gasteiger charge is 2.29. The number of alkyl carbamates (subject to hydrolysis) is 1. The first-order chi connectivity index (χ1) is 11.7. The number of benzene rings is 1. The molecule has 25 heavy (non-hydrogen) atoms. The van der Waals surface area contributed by atoms with Gasteiger partial charge in [0.05, 0.1) is 5.69 Å². The first-order valence-corrected chi connectivity index (χ1v) is 8.51. The molecule has 134 valence electrons. The van der Waals surface area contributed by atoms with Gasteiger partial charge < -0.3 is 15.2 Å². The van der Waals surface area contributed by atoms with E-state index in [2.05, 4.69) is 26.2 Å². The lowest BCUT2D eigenvalue weighted by atomic mass is 9.99. The average Bonchev–Trinajstić information content (AvgIpc) is 2.51. The van der Waals surface area contributed by atoms with Crippen LogP contribution in [0.5, 0.6) is 0 Å². The van der Waals surface area contributed by atoms with Gasteiger partial charge in [-0.2, -0.15) is 0 Å². The molecule has 0 aliphatic carbocycles. The van der Waals surface area contributed by atoms with Gasteiger partial charge in [-0.25, -0.2) is 14.2 Å². The van der Waals surface area contributed by atoms with Crippen molar-refractivity contribution in [1.29, 1.82) is 0 Å². The maximum Gasteiger partial charge on any atom is 0.408 e. The molecule has 0 aliphatic heterocycles. The van der Waals surface area contributed by atoms with Gasteiger partial charge in [-0.15, -0.1) is 0 Å². The largest absolute Gasteiger partial charge is 0.444 e. The van der Waals surface area contributed by atoms with Crippen molar-refractivity contribution in [2.45, 2.75) is 38.5 Å². The quantitative estimate of drug-likeness (QED) is 0.737. The number of nitrogens with one attached hydrogen (secondary N) is 1. The van der Waals surface area contributed by atoms with Gasteiger partial charge in [0.25, 0.3) is 0 Å². The van der Waals surface area contributed by atoms with Gasteiger partial charge in [0.1, 0.15) is 28.2 Å². The summed E-state index contributed by atoms with van der Waals surface area (Å²) in [6, 6.07) is 9.92. The molecule has 2 rings (SSSR count). The van der Waals surface area contributed by atoms with Crippen LogP contribution in [0.3, 0.4) is 0 Å². The number of carbonyl (C=O) groups excluding carboxylic acids is 1. The Balaban J connectivity index is 2.35. The molecule has 0 spiro atoms. The summed E-state index contributed by atoms with van der Waals surface area (Å²) in [5.74, 6) is -0.569. The van der Waals surface area contributed by atoms with Crippen LogP contribution in [0.4, 0.5) is 9.18 Å². The van der Waals surface area contributed by atoms with Gasteiger partial charge in [-0.05, 0) is 54.9 Å². The van der Waals surface area contributed by atoms with Gasteiger partial charge in [0.2, 0.25) is 0 Å². The summed E-state index contributed by atoms with van der Waals surface area (Å²) in [6.45, 7) is 5.19. The number of aliphatic hydroxyl groups is 1. The summed E-state index contributed by atoms with van der Waals surface area (Å²) in [5, 5.41) is 13.3. The fraction of sp³-hybridized carbons (Fsp3) is 0.333. The number of ether oxygens (including phenoxy) is 1. The third-order valence-electron chi connectivity index (χ3n) is 3.27. The molecule has 0 fully saturated rings. The smallest absolute Gasteiger partial charge is 0.408 e. The molecule has 0 aliphatic rings. The van der Waals surface area contributed by atoms with Gasteiger partial charge in [0, 0.05) is 5.56 Å². The normalized spacial score (nSPS) is 13.8. The van der Waals surface area contributed by atoms with Gasteiger partial charge in [-0.1, -0.05) is 24.3 Å². The Morgan fingerprint density at radius 1 is 1.24 bits per heavy atom. The van der Waals surface area contributed by atoms with Gasteiger partial charge >= 0.3 is 6.09 Å². The zero-order chi connectivity index (χ0) is 18.6. The number of rotatable bonds is 4. The monoisotopic (exact) mass is 410 g/mol. The first-order valence-electron chi connectivity index (χ1n) is 7.72. The van der Waals surface area contributed by atoms with E-state index in [1.165, 1.54) is 18.2 Å². The number of aliphatic hydroxyl groups excluding tert-OH is 1. The molecule has 0 radical (unpaired) electrons. The molecule has 2 atom stereocenters. The topological polar surface area (TPSA) is 71.5 Å². The Labute approximate surface area is 154 Å². The highest BCUT2D eigenvalue weighted by molar-refractivity contribution is 9.10. The first kappa shape index (κ1) is 19.3. The third-order valence-corrected chi connectivity index (χ3v) is 3.71. The Bertz CT molecular complexity index is 749. The second-order valence-electron chi connectivity index (χ2n) is 6.48. The molecular formula is C18H20BrFN2O3. The minimum absolute atomic E-state index is 0.0605. The number of carbonyl (C=O) groups is 1. The fourth-order valence-corrected chi connectivity index (χ4v) is 2.60. The van der Waals surface area contributed by atoms with E-state index in [9.17, 15) is 14.3 Å². The zero-order valence-corrected chi connectivity index (χ0v) is 15.7. The predicted molar refractivity (Wildman–Crippen MR) is 95.4 cm³/mol. The minimum Gasteiger partial charge on any atom is -0.444 e. The van der Waals surface area contributed by atoms with Crippen LogP contribution < -0.4 is 5.32 Å². The van der Waals surface area contributed by atoms with Gasteiger partial charge in [-0.3, -0.25) is 0 Å². The van der Waals surface area contributed by atoms with E-state index >= 15 is 0 Å². The van der Waals surface area contributed by atoms with Crippen molar-refractivity contribution in [3.8, 4) is 0 Å². The number of hydrogen-bond donors (Lipinski definition) is 2. The molecule has 1 amide bonds. The van der Waals surface area contributed by atoms with Crippen LogP contribution in [0.1, 0.15) is 44.2 Å². The number of halogens is 2. The van der Waals surface area contributed by atoms with Crippen LogP contribution in [0, 0.1) is 5.82 Å². The second kappa shape index (κ2) is 7.93. The van der Waals surface area contributed by atoms with Crippen molar-refractivity contribution in [3.63, 3.8) is 0 Å². The van der Waals surface area contributed by atoms with E-state index in [1.807, 2.05) is 0 Å². The number of hydrogen-bond acceptors (Lipinski definition) is 4. The van der Waals surface area contributed by atoms with Crippen molar-refractivity contribution in [2.24, 2.45) is 0 Å². The van der Waals surface area contributed by atoms with E-state index in [1.54, 1.807) is 45.0 Å². The molecule has 1 aromatic heterocycles. The zero-order valence-electron chi connectivity index (χ0n) is 14.2. The SMILES string of the molecule is CC(C)(C)OC(=O)N[C@H](c1cccc(Br)n1)[C@H](O)c1ccccc1F. The Morgan fingerprint density at radius 2 is 1.92 bits per heavy atom. The molecule has 1 aromatic carbocycles. The summed E-state index contributed by atoms with van der Waals surface area (Å²) in [7, 11) is 0. The molecule has 0 unspecified atom stereocenters.